The Bertz CT molecular complexity index is 495. The van der Waals surface area contributed by atoms with Crippen LogP contribution in [-0.4, -0.2) is 77.5 Å². The number of esters is 3. The van der Waals surface area contributed by atoms with Gasteiger partial charge in [-0.2, -0.15) is 0 Å². The molecule has 10 heteroatoms. The van der Waals surface area contributed by atoms with Gasteiger partial charge in [0.15, 0.2) is 0 Å². The zero-order valence-corrected chi connectivity index (χ0v) is 34.1. The van der Waals surface area contributed by atoms with Crippen molar-refractivity contribution in [2.75, 3.05) is 37.1 Å². The van der Waals surface area contributed by atoms with Crippen LogP contribution in [0.5, 0.6) is 0 Å². The van der Waals surface area contributed by atoms with E-state index in [9.17, 15) is 14.4 Å². The van der Waals surface area contributed by atoms with Crippen molar-refractivity contribution in [1.82, 2.24) is 0 Å². The van der Waals surface area contributed by atoms with Crippen LogP contribution in [0, 0.1) is 0 Å². The van der Waals surface area contributed by atoms with E-state index in [1.54, 1.807) is 22.5 Å². The summed E-state index contributed by atoms with van der Waals surface area (Å²) in [5, 5.41) is 0. The van der Waals surface area contributed by atoms with Crippen molar-refractivity contribution >= 4 is 78.3 Å². The Kier molecular flexibility index (Phi) is 58.2. The molecular weight excluding hydrogens is 719 g/mol. The molecule has 6 nitrogen and oxygen atoms in total. The van der Waals surface area contributed by atoms with Gasteiger partial charge >= 0.3 is 45.4 Å². The predicted molar refractivity (Wildman–Crippen MR) is 195 cm³/mol. The Balaban J connectivity index is -0.000000265. The first-order chi connectivity index (χ1) is 21.4. The van der Waals surface area contributed by atoms with Crippen LogP contribution in [0.2, 0.25) is 4.94 Å². The Morgan fingerprint density at radius 2 is 0.614 bits per heavy atom. The van der Waals surface area contributed by atoms with Crippen molar-refractivity contribution in [3.63, 3.8) is 0 Å². The van der Waals surface area contributed by atoms with Gasteiger partial charge in [-0.15, -0.1) is 17.3 Å². The van der Waals surface area contributed by atoms with E-state index in [1.165, 1.54) is 77.0 Å². The van der Waals surface area contributed by atoms with E-state index in [-0.39, 0.29) is 17.9 Å². The van der Waals surface area contributed by atoms with E-state index < -0.39 is 0 Å². The van der Waals surface area contributed by atoms with Gasteiger partial charge in [-0.1, -0.05) is 117 Å². The van der Waals surface area contributed by atoms with Crippen LogP contribution in [0.25, 0.3) is 0 Å². The second-order valence-electron chi connectivity index (χ2n) is 10.3. The zero-order chi connectivity index (χ0) is 33.9. The molecule has 0 saturated heterocycles. The third-order valence-corrected chi connectivity index (χ3v) is 6.74. The van der Waals surface area contributed by atoms with Gasteiger partial charge in [0.05, 0.1) is 19.8 Å². The van der Waals surface area contributed by atoms with Gasteiger partial charge in [0.25, 0.3) is 0 Å². The van der Waals surface area contributed by atoms with Crippen molar-refractivity contribution in [2.45, 2.75) is 161 Å². The van der Waals surface area contributed by atoms with Crippen molar-refractivity contribution in [3.8, 4) is 0 Å². The third-order valence-electron chi connectivity index (χ3n) is 6.24. The molecule has 0 aromatic heterocycles. The predicted octanol–water partition coefficient (Wildman–Crippen LogP) is 8.68. The fraction of sp³-hybridized carbons (Fsp3) is 0.912. The van der Waals surface area contributed by atoms with Crippen LogP contribution in [0.1, 0.15) is 156 Å². The maximum atomic E-state index is 11.0. The molecule has 0 aromatic carbocycles. The van der Waals surface area contributed by atoms with Crippen molar-refractivity contribution in [2.24, 2.45) is 0 Å². The first-order valence-electron chi connectivity index (χ1n) is 17.1. The van der Waals surface area contributed by atoms with Crippen LogP contribution in [0.3, 0.4) is 0 Å². The second kappa shape index (κ2) is 50.1. The SMILES string of the molecule is CCCCCCCCC(=O)OCC[S-].CCCCCCCCC(=O)OCC[S-].CCCCCCCCC(=O)OCC[S-].[CH3][Sn+3]. The summed E-state index contributed by atoms with van der Waals surface area (Å²) in [7, 11) is 0. The van der Waals surface area contributed by atoms with Crippen LogP contribution >= 0.6 is 0 Å². The normalized spacial score (nSPS) is 9.84. The van der Waals surface area contributed by atoms with Gasteiger partial charge in [-0.25, -0.2) is 0 Å². The third kappa shape index (κ3) is 54.7. The molecule has 0 fully saturated rings. The first kappa shape index (κ1) is 51.1. The van der Waals surface area contributed by atoms with E-state index in [4.69, 9.17) is 14.2 Å². The molecule has 0 aliphatic rings. The summed E-state index contributed by atoms with van der Waals surface area (Å²) < 4.78 is 14.6. The van der Waals surface area contributed by atoms with E-state index in [2.05, 4.69) is 63.6 Å². The van der Waals surface area contributed by atoms with E-state index >= 15 is 0 Å². The summed E-state index contributed by atoms with van der Waals surface area (Å²) >= 11 is 15.6. The van der Waals surface area contributed by atoms with Crippen LogP contribution in [0.4, 0.5) is 0 Å². The molecule has 44 heavy (non-hydrogen) atoms. The Labute approximate surface area is 302 Å². The summed E-state index contributed by atoms with van der Waals surface area (Å²) in [4.78, 5) is 35.2. The Morgan fingerprint density at radius 1 is 0.409 bits per heavy atom. The molecule has 0 saturated carbocycles. The average molecular weight is 786 g/mol. The summed E-state index contributed by atoms with van der Waals surface area (Å²) in [6.07, 6.45) is 23.3. The molecule has 0 aliphatic heterocycles. The zero-order valence-electron chi connectivity index (χ0n) is 28.8. The Morgan fingerprint density at radius 3 is 0.818 bits per heavy atom. The fourth-order valence-corrected chi connectivity index (χ4v) is 4.08. The number of rotatable bonds is 27. The van der Waals surface area contributed by atoms with Crippen molar-refractivity contribution in [1.29, 1.82) is 0 Å². The van der Waals surface area contributed by atoms with Crippen LogP contribution in [0.15, 0.2) is 0 Å². The number of ether oxygens (including phenoxy) is 3. The first-order valence-corrected chi connectivity index (χ1v) is 21.7. The fourth-order valence-electron chi connectivity index (χ4n) is 3.83. The van der Waals surface area contributed by atoms with Crippen molar-refractivity contribution in [3.05, 3.63) is 0 Å². The van der Waals surface area contributed by atoms with E-state index in [0.717, 1.165) is 38.5 Å². The number of hydrogen-bond acceptors (Lipinski definition) is 9. The van der Waals surface area contributed by atoms with E-state index in [1.807, 2.05) is 0 Å². The maximum absolute atomic E-state index is 11.0. The quantitative estimate of drug-likeness (QED) is 0.0267. The molecular formula is C34H66O6S3Sn. The molecule has 260 valence electrons. The summed E-state index contributed by atoms with van der Waals surface area (Å²) in [6.45, 7) is 7.78. The molecule has 0 bridgehead atoms. The van der Waals surface area contributed by atoms with Gasteiger partial charge < -0.3 is 52.1 Å². The van der Waals surface area contributed by atoms with E-state index in [0.29, 0.717) is 56.3 Å². The van der Waals surface area contributed by atoms with Gasteiger partial charge in [-0.3, -0.25) is 14.4 Å². The number of carbonyl (C=O) groups excluding carboxylic acids is 3. The van der Waals surface area contributed by atoms with Crippen LogP contribution < -0.4 is 0 Å². The Hall–Kier alpha value is 0.259. The molecule has 0 aromatic rings. The van der Waals surface area contributed by atoms with Gasteiger partial charge in [0, 0.05) is 19.3 Å². The monoisotopic (exact) mass is 786 g/mol. The molecule has 0 unspecified atom stereocenters. The number of hydrogen-bond donors (Lipinski definition) is 0. The van der Waals surface area contributed by atoms with Gasteiger partial charge in [0.2, 0.25) is 0 Å². The molecule has 0 amide bonds. The number of unbranched alkanes of at least 4 members (excludes halogenated alkanes) is 15. The molecule has 0 N–H and O–H groups in total. The minimum atomic E-state index is -0.0923. The molecule has 0 atom stereocenters. The standard InChI is InChI=1S/3C11H22O2S.CH3.Sn/c3*1-2-3-4-5-6-7-8-11(12)13-9-10-14;;/h3*14H,2-10H2,1H3;1H3;/q;;;;+3/p-3. The molecule has 0 spiro atoms. The molecule has 0 rings (SSSR count). The minimum absolute atomic E-state index is 0.0923. The summed E-state index contributed by atoms with van der Waals surface area (Å²) in [6, 6.07) is 0. The molecule has 0 aliphatic carbocycles. The van der Waals surface area contributed by atoms with Crippen molar-refractivity contribution < 1.29 is 28.6 Å². The number of carbonyl (C=O) groups is 3. The molecule has 0 radical (unpaired) electrons. The average Bonchev–Trinajstić information content (AvgIpc) is 3.04. The van der Waals surface area contributed by atoms with Gasteiger partial charge in [0.1, 0.15) is 0 Å². The summed E-state index contributed by atoms with van der Waals surface area (Å²) in [5.41, 5.74) is 0. The molecule has 0 heterocycles. The van der Waals surface area contributed by atoms with Gasteiger partial charge in [-0.05, 0) is 19.3 Å². The van der Waals surface area contributed by atoms with Crippen LogP contribution in [-0.2, 0) is 66.5 Å². The summed E-state index contributed by atoms with van der Waals surface area (Å²) in [5.74, 6) is 1.23. The topological polar surface area (TPSA) is 78.9 Å². The second-order valence-corrected chi connectivity index (χ2v) is 11.6.